The lowest BCUT2D eigenvalue weighted by atomic mass is 9.90. The topological polar surface area (TPSA) is 35.2 Å². The van der Waals surface area contributed by atoms with Crippen LogP contribution in [0.4, 0.5) is 0 Å². The van der Waals surface area contributed by atoms with Crippen molar-refractivity contribution < 1.29 is 4.74 Å². The van der Waals surface area contributed by atoms with E-state index in [0.717, 1.165) is 25.0 Å². The minimum atomic E-state index is 0.116. The van der Waals surface area contributed by atoms with Gasteiger partial charge in [0.05, 0.1) is 16.1 Å². The third-order valence-electron chi connectivity index (χ3n) is 3.44. The molecule has 0 amide bonds. The van der Waals surface area contributed by atoms with Crippen molar-refractivity contribution >= 4 is 23.2 Å². The van der Waals surface area contributed by atoms with Gasteiger partial charge in [0.1, 0.15) is 0 Å². The van der Waals surface area contributed by atoms with Gasteiger partial charge in [-0.1, -0.05) is 29.3 Å². The molecule has 0 radical (unpaired) electrons. The van der Waals surface area contributed by atoms with E-state index in [4.69, 9.17) is 33.7 Å². The lowest BCUT2D eigenvalue weighted by molar-refractivity contribution is 0.0995. The van der Waals surface area contributed by atoms with Crippen LogP contribution in [0.1, 0.15) is 18.9 Å². The maximum Gasteiger partial charge on any atom is 0.0595 e. The van der Waals surface area contributed by atoms with E-state index in [1.165, 1.54) is 0 Å². The molecule has 0 spiro atoms. The monoisotopic (exact) mass is 273 g/mol. The molecule has 2 nitrogen and oxygen atoms in total. The second-order valence-corrected chi connectivity index (χ2v) is 5.46. The number of hydrogen-bond acceptors (Lipinski definition) is 2. The molecule has 1 heterocycles. The molecule has 1 aliphatic heterocycles. The second kappa shape index (κ2) is 5.57. The van der Waals surface area contributed by atoms with Gasteiger partial charge in [0, 0.05) is 18.6 Å². The standard InChI is InChI=1S/C13H17Cl2NO/c1-8-10(4-5-17-8)13(16)7-9-2-3-11(14)12(15)6-9/h2-3,6,8,10,13H,4-5,7,16H2,1H3. The minimum absolute atomic E-state index is 0.116. The molecule has 3 atom stereocenters. The zero-order valence-corrected chi connectivity index (χ0v) is 11.3. The zero-order valence-electron chi connectivity index (χ0n) is 9.83. The molecule has 4 heteroatoms. The van der Waals surface area contributed by atoms with Crippen molar-refractivity contribution in [3.8, 4) is 0 Å². The van der Waals surface area contributed by atoms with Gasteiger partial charge >= 0.3 is 0 Å². The Morgan fingerprint density at radius 3 is 2.76 bits per heavy atom. The average Bonchev–Trinajstić information content (AvgIpc) is 2.70. The van der Waals surface area contributed by atoms with Crippen molar-refractivity contribution in [1.29, 1.82) is 0 Å². The Hall–Kier alpha value is -0.280. The van der Waals surface area contributed by atoms with Gasteiger partial charge in [-0.2, -0.15) is 0 Å². The predicted octanol–water partition coefficient (Wildman–Crippen LogP) is 3.29. The van der Waals surface area contributed by atoms with E-state index >= 15 is 0 Å². The third kappa shape index (κ3) is 3.14. The maximum atomic E-state index is 6.23. The molecular weight excluding hydrogens is 257 g/mol. The first kappa shape index (κ1) is 13.2. The number of ether oxygens (including phenoxy) is 1. The fourth-order valence-electron chi connectivity index (χ4n) is 2.40. The van der Waals surface area contributed by atoms with Crippen LogP contribution < -0.4 is 5.73 Å². The Kier molecular flexibility index (Phi) is 4.31. The summed E-state index contributed by atoms with van der Waals surface area (Å²) < 4.78 is 5.54. The average molecular weight is 274 g/mol. The van der Waals surface area contributed by atoms with E-state index in [-0.39, 0.29) is 12.1 Å². The van der Waals surface area contributed by atoms with E-state index in [1.807, 2.05) is 18.2 Å². The van der Waals surface area contributed by atoms with Crippen LogP contribution in [0.3, 0.4) is 0 Å². The summed E-state index contributed by atoms with van der Waals surface area (Å²) >= 11 is 11.9. The largest absolute Gasteiger partial charge is 0.378 e. The smallest absolute Gasteiger partial charge is 0.0595 e. The first-order chi connectivity index (χ1) is 8.08. The van der Waals surface area contributed by atoms with Gasteiger partial charge in [0.2, 0.25) is 0 Å². The molecule has 1 aromatic carbocycles. The Morgan fingerprint density at radius 1 is 1.41 bits per heavy atom. The zero-order chi connectivity index (χ0) is 12.4. The molecule has 94 valence electrons. The molecule has 17 heavy (non-hydrogen) atoms. The fourth-order valence-corrected chi connectivity index (χ4v) is 2.72. The fraction of sp³-hybridized carbons (Fsp3) is 0.538. The van der Waals surface area contributed by atoms with E-state index in [1.54, 1.807) is 0 Å². The molecule has 1 saturated heterocycles. The van der Waals surface area contributed by atoms with Gasteiger partial charge in [-0.05, 0) is 37.5 Å². The van der Waals surface area contributed by atoms with Crippen molar-refractivity contribution in [2.75, 3.05) is 6.61 Å². The number of hydrogen-bond donors (Lipinski definition) is 1. The van der Waals surface area contributed by atoms with Gasteiger partial charge < -0.3 is 10.5 Å². The molecule has 1 aromatic rings. The van der Waals surface area contributed by atoms with Crippen LogP contribution in [0.5, 0.6) is 0 Å². The molecule has 0 saturated carbocycles. The van der Waals surface area contributed by atoms with Crippen LogP contribution in [0.25, 0.3) is 0 Å². The lowest BCUT2D eigenvalue weighted by Gasteiger charge is -2.22. The molecule has 0 aromatic heterocycles. The van der Waals surface area contributed by atoms with E-state index in [2.05, 4.69) is 6.92 Å². The van der Waals surface area contributed by atoms with Crippen molar-refractivity contribution in [2.24, 2.45) is 11.7 Å². The molecule has 3 unspecified atom stereocenters. The molecule has 0 aliphatic carbocycles. The highest BCUT2D eigenvalue weighted by Crippen LogP contribution is 2.27. The van der Waals surface area contributed by atoms with Gasteiger partial charge in [-0.25, -0.2) is 0 Å². The van der Waals surface area contributed by atoms with E-state index < -0.39 is 0 Å². The normalized spacial score (nSPS) is 26.1. The Balaban J connectivity index is 2.02. The lowest BCUT2D eigenvalue weighted by Crippen LogP contribution is -2.36. The Labute approximate surface area is 112 Å². The maximum absolute atomic E-state index is 6.23. The first-order valence-corrected chi connectivity index (χ1v) is 6.64. The van der Waals surface area contributed by atoms with Gasteiger partial charge in [0.25, 0.3) is 0 Å². The third-order valence-corrected chi connectivity index (χ3v) is 4.18. The summed E-state index contributed by atoms with van der Waals surface area (Å²) in [6.07, 6.45) is 2.12. The highest BCUT2D eigenvalue weighted by atomic mass is 35.5. The first-order valence-electron chi connectivity index (χ1n) is 5.89. The molecular formula is C13H17Cl2NO. The molecule has 0 bridgehead atoms. The SMILES string of the molecule is CC1OCCC1C(N)Cc1ccc(Cl)c(Cl)c1. The summed E-state index contributed by atoms with van der Waals surface area (Å²) in [6.45, 7) is 2.91. The van der Waals surface area contributed by atoms with Crippen molar-refractivity contribution in [3.63, 3.8) is 0 Å². The highest BCUT2D eigenvalue weighted by molar-refractivity contribution is 6.42. The summed E-state index contributed by atoms with van der Waals surface area (Å²) in [4.78, 5) is 0. The quantitative estimate of drug-likeness (QED) is 0.918. The van der Waals surface area contributed by atoms with Gasteiger partial charge in [-0.15, -0.1) is 0 Å². The van der Waals surface area contributed by atoms with E-state index in [9.17, 15) is 0 Å². The summed E-state index contributed by atoms with van der Waals surface area (Å²) in [6, 6.07) is 5.81. The summed E-state index contributed by atoms with van der Waals surface area (Å²) in [7, 11) is 0. The van der Waals surface area contributed by atoms with Crippen LogP contribution >= 0.6 is 23.2 Å². The predicted molar refractivity (Wildman–Crippen MR) is 71.7 cm³/mol. The van der Waals surface area contributed by atoms with Crippen LogP contribution in [0.2, 0.25) is 10.0 Å². The van der Waals surface area contributed by atoms with Crippen LogP contribution in [0.15, 0.2) is 18.2 Å². The van der Waals surface area contributed by atoms with Crippen molar-refractivity contribution in [2.45, 2.75) is 31.9 Å². The minimum Gasteiger partial charge on any atom is -0.378 e. The molecule has 2 rings (SSSR count). The van der Waals surface area contributed by atoms with Crippen LogP contribution in [0, 0.1) is 5.92 Å². The van der Waals surface area contributed by atoms with E-state index in [0.29, 0.717) is 16.0 Å². The molecule has 2 N–H and O–H groups in total. The summed E-state index contributed by atoms with van der Waals surface area (Å²) in [5, 5.41) is 1.17. The summed E-state index contributed by atoms with van der Waals surface area (Å²) in [5.41, 5.74) is 7.36. The van der Waals surface area contributed by atoms with Crippen LogP contribution in [-0.4, -0.2) is 18.8 Å². The number of halogens is 2. The molecule has 1 fully saturated rings. The van der Waals surface area contributed by atoms with Crippen LogP contribution in [-0.2, 0) is 11.2 Å². The number of rotatable bonds is 3. The molecule has 1 aliphatic rings. The Morgan fingerprint density at radius 2 is 2.18 bits per heavy atom. The van der Waals surface area contributed by atoms with Crippen molar-refractivity contribution in [3.05, 3.63) is 33.8 Å². The number of nitrogens with two attached hydrogens (primary N) is 1. The number of benzene rings is 1. The van der Waals surface area contributed by atoms with Gasteiger partial charge in [-0.3, -0.25) is 0 Å². The van der Waals surface area contributed by atoms with Crippen molar-refractivity contribution in [1.82, 2.24) is 0 Å². The highest BCUT2D eigenvalue weighted by Gasteiger charge is 2.29. The summed E-state index contributed by atoms with van der Waals surface area (Å²) in [5.74, 6) is 0.435. The second-order valence-electron chi connectivity index (χ2n) is 4.64. The van der Waals surface area contributed by atoms with Gasteiger partial charge in [0.15, 0.2) is 0 Å². The Bertz CT molecular complexity index is 397.